The lowest BCUT2D eigenvalue weighted by Crippen LogP contribution is -2.11. The van der Waals surface area contributed by atoms with Crippen molar-refractivity contribution in [3.8, 4) is 17.2 Å². The zero-order valence-corrected chi connectivity index (χ0v) is 16.4. The number of nitrogen functional groups attached to an aromatic ring is 1. The maximum Gasteiger partial charge on any atom is 0.203 e. The van der Waals surface area contributed by atoms with Gasteiger partial charge >= 0.3 is 0 Å². The standard InChI is InChI=1S/C21H26N2O4/c1-23(2)17-7-6-12(8-16(17)22)14-11-15(14)20(24)13-9-18(25-3)21(27-5)19(10-13)26-4/h6-10,14-15H,11,22H2,1-5H3. The third kappa shape index (κ3) is 3.52. The average molecular weight is 370 g/mol. The third-order valence-corrected chi connectivity index (χ3v) is 5.04. The molecule has 2 atom stereocenters. The van der Waals surface area contributed by atoms with Gasteiger partial charge in [0.25, 0.3) is 0 Å². The van der Waals surface area contributed by atoms with Crippen LogP contribution in [0, 0.1) is 5.92 Å². The number of anilines is 2. The van der Waals surface area contributed by atoms with Gasteiger partial charge in [-0.05, 0) is 42.2 Å². The van der Waals surface area contributed by atoms with Gasteiger partial charge in [-0.25, -0.2) is 0 Å². The molecular weight excluding hydrogens is 344 g/mol. The molecule has 2 aromatic carbocycles. The highest BCUT2D eigenvalue weighted by Gasteiger charge is 2.44. The van der Waals surface area contributed by atoms with Crippen molar-refractivity contribution in [1.82, 2.24) is 0 Å². The molecule has 2 aromatic rings. The number of carbonyl (C=O) groups is 1. The van der Waals surface area contributed by atoms with Crippen molar-refractivity contribution in [3.63, 3.8) is 0 Å². The van der Waals surface area contributed by atoms with Crippen LogP contribution in [0.4, 0.5) is 11.4 Å². The second kappa shape index (κ2) is 7.39. The summed E-state index contributed by atoms with van der Waals surface area (Å²) < 4.78 is 16.0. The van der Waals surface area contributed by atoms with Crippen LogP contribution in [0.1, 0.15) is 28.3 Å². The van der Waals surface area contributed by atoms with Crippen molar-refractivity contribution < 1.29 is 19.0 Å². The van der Waals surface area contributed by atoms with Gasteiger partial charge in [0.2, 0.25) is 5.75 Å². The van der Waals surface area contributed by atoms with E-state index in [1.807, 2.05) is 31.1 Å². The van der Waals surface area contributed by atoms with Gasteiger partial charge in [-0.1, -0.05) is 6.07 Å². The molecule has 3 rings (SSSR count). The number of nitrogens with two attached hydrogens (primary N) is 1. The highest BCUT2D eigenvalue weighted by atomic mass is 16.5. The topological polar surface area (TPSA) is 74.0 Å². The molecule has 27 heavy (non-hydrogen) atoms. The van der Waals surface area contributed by atoms with Crippen LogP contribution in [0.3, 0.4) is 0 Å². The first-order chi connectivity index (χ1) is 12.9. The van der Waals surface area contributed by atoms with Crippen molar-refractivity contribution in [2.24, 2.45) is 5.92 Å². The van der Waals surface area contributed by atoms with Crippen LogP contribution in [0.2, 0.25) is 0 Å². The van der Waals surface area contributed by atoms with Crippen LogP contribution in [0.25, 0.3) is 0 Å². The Balaban J connectivity index is 1.83. The summed E-state index contributed by atoms with van der Waals surface area (Å²) in [5.41, 5.74) is 9.52. The van der Waals surface area contributed by atoms with Crippen LogP contribution in [-0.2, 0) is 0 Å². The van der Waals surface area contributed by atoms with Crippen molar-refractivity contribution in [3.05, 3.63) is 41.5 Å². The molecule has 2 unspecified atom stereocenters. The molecule has 1 aliphatic carbocycles. The van der Waals surface area contributed by atoms with Crippen LogP contribution in [0.15, 0.2) is 30.3 Å². The molecule has 0 bridgehead atoms. The predicted octanol–water partition coefficient (Wildman–Crippen LogP) is 3.35. The minimum absolute atomic E-state index is 0.0580. The summed E-state index contributed by atoms with van der Waals surface area (Å²) in [6.07, 6.45) is 0.816. The number of methoxy groups -OCH3 is 3. The fraction of sp³-hybridized carbons (Fsp3) is 0.381. The van der Waals surface area contributed by atoms with E-state index in [2.05, 4.69) is 6.07 Å². The summed E-state index contributed by atoms with van der Waals surface area (Å²) in [4.78, 5) is 15.0. The van der Waals surface area contributed by atoms with Crippen molar-refractivity contribution in [2.45, 2.75) is 12.3 Å². The Morgan fingerprint density at radius 2 is 1.67 bits per heavy atom. The molecule has 0 aromatic heterocycles. The molecule has 0 aliphatic heterocycles. The summed E-state index contributed by atoms with van der Waals surface area (Å²) >= 11 is 0. The Kier molecular flexibility index (Phi) is 5.17. The molecule has 0 saturated heterocycles. The maximum absolute atomic E-state index is 13.0. The van der Waals surface area contributed by atoms with Crippen molar-refractivity contribution in [2.75, 3.05) is 46.1 Å². The van der Waals surface area contributed by atoms with Gasteiger partial charge < -0.3 is 24.8 Å². The molecule has 6 heteroatoms. The number of ether oxygens (including phenoxy) is 3. The van der Waals surface area contributed by atoms with Crippen LogP contribution < -0.4 is 24.8 Å². The van der Waals surface area contributed by atoms with E-state index in [0.29, 0.717) is 22.8 Å². The monoisotopic (exact) mass is 370 g/mol. The van der Waals surface area contributed by atoms with E-state index in [4.69, 9.17) is 19.9 Å². The van der Waals surface area contributed by atoms with Gasteiger partial charge in [0, 0.05) is 25.6 Å². The Hall–Kier alpha value is -2.89. The van der Waals surface area contributed by atoms with Gasteiger partial charge in [0.15, 0.2) is 17.3 Å². The van der Waals surface area contributed by atoms with E-state index in [1.165, 1.54) is 0 Å². The number of Topliss-reactive ketones (excluding diaryl/α,β-unsaturated/α-hetero) is 1. The van der Waals surface area contributed by atoms with E-state index in [-0.39, 0.29) is 17.6 Å². The fourth-order valence-corrected chi connectivity index (χ4v) is 3.50. The summed E-state index contributed by atoms with van der Waals surface area (Å²) in [6.45, 7) is 0. The summed E-state index contributed by atoms with van der Waals surface area (Å²) in [6, 6.07) is 9.45. The van der Waals surface area contributed by atoms with Gasteiger partial charge in [-0.2, -0.15) is 0 Å². The summed E-state index contributed by atoms with van der Waals surface area (Å²) in [5.74, 6) is 1.66. The van der Waals surface area contributed by atoms with Gasteiger partial charge in [0.05, 0.1) is 32.7 Å². The van der Waals surface area contributed by atoms with Gasteiger partial charge in [0.1, 0.15) is 0 Å². The molecule has 1 aliphatic rings. The van der Waals surface area contributed by atoms with Gasteiger partial charge in [-0.15, -0.1) is 0 Å². The summed E-state index contributed by atoms with van der Waals surface area (Å²) in [7, 11) is 8.54. The Bertz CT molecular complexity index is 838. The fourth-order valence-electron chi connectivity index (χ4n) is 3.50. The molecule has 1 fully saturated rings. The minimum Gasteiger partial charge on any atom is -0.493 e. The van der Waals surface area contributed by atoms with Crippen molar-refractivity contribution in [1.29, 1.82) is 0 Å². The van der Waals surface area contributed by atoms with Crippen LogP contribution >= 0.6 is 0 Å². The predicted molar refractivity (Wildman–Crippen MR) is 106 cm³/mol. The highest BCUT2D eigenvalue weighted by molar-refractivity contribution is 6.01. The number of benzene rings is 2. The number of carbonyl (C=O) groups excluding carboxylic acids is 1. The number of rotatable bonds is 7. The third-order valence-electron chi connectivity index (χ3n) is 5.04. The Morgan fingerprint density at radius 3 is 2.15 bits per heavy atom. The SMILES string of the molecule is COc1cc(C(=O)C2CC2c2ccc(N(C)C)c(N)c2)cc(OC)c1OC. The van der Waals surface area contributed by atoms with E-state index < -0.39 is 0 Å². The van der Waals surface area contributed by atoms with Gasteiger partial charge in [-0.3, -0.25) is 4.79 Å². The zero-order valence-electron chi connectivity index (χ0n) is 16.4. The Morgan fingerprint density at radius 1 is 1.04 bits per heavy atom. The van der Waals surface area contributed by atoms with Crippen LogP contribution in [0.5, 0.6) is 17.2 Å². The smallest absolute Gasteiger partial charge is 0.203 e. The van der Waals surface area contributed by atoms with E-state index in [1.54, 1.807) is 33.5 Å². The number of hydrogen-bond acceptors (Lipinski definition) is 6. The molecule has 2 N–H and O–H groups in total. The lowest BCUT2D eigenvalue weighted by molar-refractivity contribution is 0.0964. The maximum atomic E-state index is 13.0. The summed E-state index contributed by atoms with van der Waals surface area (Å²) in [5, 5.41) is 0. The van der Waals surface area contributed by atoms with Crippen molar-refractivity contribution >= 4 is 17.2 Å². The Labute approximate surface area is 159 Å². The lowest BCUT2D eigenvalue weighted by Gasteiger charge is -2.16. The van der Waals surface area contributed by atoms with E-state index in [0.717, 1.165) is 23.4 Å². The minimum atomic E-state index is -0.0580. The second-order valence-electron chi connectivity index (χ2n) is 6.94. The first kappa shape index (κ1) is 18.9. The molecule has 0 amide bonds. The molecule has 0 heterocycles. The quantitative estimate of drug-likeness (QED) is 0.595. The van der Waals surface area contributed by atoms with Crippen LogP contribution in [-0.4, -0.2) is 41.2 Å². The van der Waals surface area contributed by atoms with E-state index in [9.17, 15) is 4.79 Å². The lowest BCUT2D eigenvalue weighted by atomic mass is 10.0. The highest BCUT2D eigenvalue weighted by Crippen LogP contribution is 2.51. The molecule has 6 nitrogen and oxygen atoms in total. The number of hydrogen-bond donors (Lipinski definition) is 1. The molecule has 144 valence electrons. The second-order valence-corrected chi connectivity index (χ2v) is 6.94. The largest absolute Gasteiger partial charge is 0.493 e. The number of nitrogens with zero attached hydrogens (tertiary/aromatic N) is 1. The zero-order chi connectivity index (χ0) is 19.7. The first-order valence-corrected chi connectivity index (χ1v) is 8.82. The molecule has 0 spiro atoms. The average Bonchev–Trinajstić information content (AvgIpc) is 3.46. The normalized spacial score (nSPS) is 18.0. The first-order valence-electron chi connectivity index (χ1n) is 8.82. The molecular formula is C21H26N2O4. The molecule has 0 radical (unpaired) electrons. The van der Waals surface area contributed by atoms with E-state index >= 15 is 0 Å². The number of ketones is 1. The molecule has 1 saturated carbocycles.